The Labute approximate surface area is 172 Å². The Kier molecular flexibility index (Phi) is 5.36. The second-order valence-corrected chi connectivity index (χ2v) is 11.0. The Hall–Kier alpha value is -1.67. The van der Waals surface area contributed by atoms with Crippen molar-refractivity contribution < 1.29 is 22.3 Å². The second-order valence-electron chi connectivity index (χ2n) is 9.05. The third-order valence-corrected chi connectivity index (χ3v) is 8.28. The van der Waals surface area contributed by atoms with Crippen LogP contribution in [0.5, 0.6) is 5.75 Å². The molecule has 0 spiro atoms. The van der Waals surface area contributed by atoms with E-state index in [1.807, 2.05) is 11.8 Å². The number of hydrogen-bond donors (Lipinski definition) is 0. The van der Waals surface area contributed by atoms with E-state index in [4.69, 9.17) is 4.74 Å². The smallest absolute Gasteiger partial charge is 0.228 e. The van der Waals surface area contributed by atoms with E-state index in [1.165, 1.54) is 22.7 Å². The van der Waals surface area contributed by atoms with Crippen LogP contribution in [-0.2, 0) is 14.8 Å². The molecule has 2 aliphatic heterocycles. The minimum atomic E-state index is -3.21. The first-order valence-corrected chi connectivity index (χ1v) is 12.2. The van der Waals surface area contributed by atoms with Gasteiger partial charge in [-0.3, -0.25) is 4.79 Å². The number of amides is 1. The maximum atomic E-state index is 13.5. The molecule has 2 saturated heterocycles. The molecule has 4 rings (SSSR count). The standard InChI is InChI=1S/C21H29FN2O4S/c1-21(8-10-24(11-9-21)29(2,26)27)20(25)23-13-15-6-7-19(18(15)14-23)28-17-5-3-4-16(22)12-17/h3-5,12,15,18-19H,6-11,13-14H2,1-2H3/t15-,18+,19-/m0/s1. The molecule has 1 saturated carbocycles. The van der Waals surface area contributed by atoms with E-state index in [2.05, 4.69) is 0 Å². The fourth-order valence-corrected chi connectivity index (χ4v) is 6.00. The zero-order chi connectivity index (χ0) is 20.8. The number of piperidine rings is 1. The summed E-state index contributed by atoms with van der Waals surface area (Å²) in [6.07, 6.45) is 4.25. The molecule has 3 aliphatic rings. The molecule has 0 bridgehead atoms. The lowest BCUT2D eigenvalue weighted by Crippen LogP contribution is -2.49. The molecule has 1 aliphatic carbocycles. The van der Waals surface area contributed by atoms with Crippen molar-refractivity contribution in [2.75, 3.05) is 32.4 Å². The van der Waals surface area contributed by atoms with Gasteiger partial charge in [-0.05, 0) is 43.7 Å². The highest BCUT2D eigenvalue weighted by atomic mass is 32.2. The van der Waals surface area contributed by atoms with Gasteiger partial charge in [-0.25, -0.2) is 17.1 Å². The Bertz CT molecular complexity index is 882. The summed E-state index contributed by atoms with van der Waals surface area (Å²) in [7, 11) is -3.21. The molecule has 3 atom stereocenters. The third-order valence-electron chi connectivity index (χ3n) is 6.97. The topological polar surface area (TPSA) is 66.9 Å². The molecule has 1 aromatic rings. The highest BCUT2D eigenvalue weighted by Crippen LogP contribution is 2.43. The lowest BCUT2D eigenvalue weighted by molar-refractivity contribution is -0.142. The molecule has 29 heavy (non-hydrogen) atoms. The van der Waals surface area contributed by atoms with Gasteiger partial charge in [-0.15, -0.1) is 0 Å². The van der Waals surface area contributed by atoms with E-state index in [0.29, 0.717) is 44.1 Å². The van der Waals surface area contributed by atoms with Crippen LogP contribution in [0.2, 0.25) is 0 Å². The minimum absolute atomic E-state index is 0.000474. The third kappa shape index (κ3) is 4.14. The van der Waals surface area contributed by atoms with E-state index < -0.39 is 15.4 Å². The Morgan fingerprint density at radius 3 is 2.59 bits per heavy atom. The molecule has 1 amide bonds. The van der Waals surface area contributed by atoms with Crippen LogP contribution in [0, 0.1) is 23.1 Å². The van der Waals surface area contributed by atoms with Crippen molar-refractivity contribution in [3.05, 3.63) is 30.1 Å². The summed E-state index contributed by atoms with van der Waals surface area (Å²) in [4.78, 5) is 15.2. The maximum absolute atomic E-state index is 13.5. The molecule has 1 aromatic carbocycles. The van der Waals surface area contributed by atoms with Crippen LogP contribution in [0.4, 0.5) is 4.39 Å². The monoisotopic (exact) mass is 424 g/mol. The van der Waals surface area contributed by atoms with Crippen LogP contribution in [0.25, 0.3) is 0 Å². The molecule has 6 nitrogen and oxygen atoms in total. The summed E-state index contributed by atoms with van der Waals surface area (Å²) in [6.45, 7) is 4.15. The van der Waals surface area contributed by atoms with Crippen LogP contribution in [-0.4, -0.2) is 62.1 Å². The predicted octanol–water partition coefficient (Wildman–Crippen LogP) is 2.50. The molecule has 160 valence electrons. The zero-order valence-corrected chi connectivity index (χ0v) is 17.8. The number of ether oxygens (including phenoxy) is 1. The summed E-state index contributed by atoms with van der Waals surface area (Å²) in [5, 5.41) is 0. The predicted molar refractivity (Wildman–Crippen MR) is 107 cm³/mol. The first-order valence-electron chi connectivity index (χ1n) is 10.3. The lowest BCUT2D eigenvalue weighted by Gasteiger charge is -2.39. The Morgan fingerprint density at radius 1 is 1.21 bits per heavy atom. The number of likely N-dealkylation sites (tertiary alicyclic amines) is 1. The SMILES string of the molecule is CC1(C(=O)N2C[C@@H]3CC[C@H](Oc4cccc(F)c4)[C@@H]3C2)CCN(S(C)(=O)=O)CC1. The van der Waals surface area contributed by atoms with Crippen LogP contribution in [0.1, 0.15) is 32.6 Å². The second kappa shape index (κ2) is 7.54. The summed E-state index contributed by atoms with van der Waals surface area (Å²) >= 11 is 0. The molecule has 0 unspecified atom stereocenters. The summed E-state index contributed by atoms with van der Waals surface area (Å²) in [6, 6.07) is 6.22. The Morgan fingerprint density at radius 2 is 1.93 bits per heavy atom. The average Bonchev–Trinajstić information content (AvgIpc) is 3.23. The van der Waals surface area contributed by atoms with Crippen molar-refractivity contribution in [3.63, 3.8) is 0 Å². The van der Waals surface area contributed by atoms with E-state index >= 15 is 0 Å². The molecule has 2 heterocycles. The molecule has 0 aromatic heterocycles. The van der Waals surface area contributed by atoms with Crippen molar-refractivity contribution in [2.24, 2.45) is 17.3 Å². The number of carbonyl (C=O) groups excluding carboxylic acids is 1. The highest BCUT2D eigenvalue weighted by molar-refractivity contribution is 7.88. The van der Waals surface area contributed by atoms with E-state index in [-0.39, 0.29) is 23.7 Å². The van der Waals surface area contributed by atoms with Crippen LogP contribution >= 0.6 is 0 Å². The minimum Gasteiger partial charge on any atom is -0.490 e. The van der Waals surface area contributed by atoms with Crippen LogP contribution in [0.3, 0.4) is 0 Å². The van der Waals surface area contributed by atoms with Crippen molar-refractivity contribution in [2.45, 2.75) is 38.7 Å². The number of carbonyl (C=O) groups is 1. The lowest BCUT2D eigenvalue weighted by atomic mass is 9.79. The van der Waals surface area contributed by atoms with Crippen molar-refractivity contribution in [1.82, 2.24) is 9.21 Å². The summed E-state index contributed by atoms with van der Waals surface area (Å²) < 4.78 is 44.5. The average molecular weight is 425 g/mol. The first kappa shape index (κ1) is 20.6. The number of halogens is 1. The van der Waals surface area contributed by atoms with Crippen LogP contribution in [0.15, 0.2) is 24.3 Å². The number of benzene rings is 1. The summed E-state index contributed by atoms with van der Waals surface area (Å²) in [5.74, 6) is 1.04. The normalized spacial score (nSPS) is 29.6. The van der Waals surface area contributed by atoms with Crippen molar-refractivity contribution in [3.8, 4) is 5.75 Å². The highest BCUT2D eigenvalue weighted by Gasteiger charge is 2.49. The van der Waals surface area contributed by atoms with E-state index in [1.54, 1.807) is 12.1 Å². The number of hydrogen-bond acceptors (Lipinski definition) is 4. The van der Waals surface area contributed by atoms with Gasteiger partial charge in [-0.2, -0.15) is 0 Å². The Balaban J connectivity index is 1.38. The maximum Gasteiger partial charge on any atom is 0.228 e. The fraction of sp³-hybridized carbons (Fsp3) is 0.667. The van der Waals surface area contributed by atoms with Crippen LogP contribution < -0.4 is 4.74 Å². The molecular formula is C21H29FN2O4S. The first-order chi connectivity index (χ1) is 13.7. The molecule has 0 radical (unpaired) electrons. The molecule has 0 N–H and O–H groups in total. The number of rotatable bonds is 4. The summed E-state index contributed by atoms with van der Waals surface area (Å²) in [5.41, 5.74) is -0.515. The van der Waals surface area contributed by atoms with Gasteiger partial charge in [-0.1, -0.05) is 13.0 Å². The van der Waals surface area contributed by atoms with Crippen molar-refractivity contribution in [1.29, 1.82) is 0 Å². The van der Waals surface area contributed by atoms with E-state index in [0.717, 1.165) is 19.4 Å². The number of nitrogens with zero attached hydrogens (tertiary/aromatic N) is 2. The van der Waals surface area contributed by atoms with Gasteiger partial charge in [0.15, 0.2) is 0 Å². The van der Waals surface area contributed by atoms with Gasteiger partial charge in [0, 0.05) is 43.6 Å². The molecule has 3 fully saturated rings. The van der Waals surface area contributed by atoms with Gasteiger partial charge < -0.3 is 9.64 Å². The van der Waals surface area contributed by atoms with Gasteiger partial charge in [0.25, 0.3) is 0 Å². The number of fused-ring (bicyclic) bond motifs is 1. The van der Waals surface area contributed by atoms with Gasteiger partial charge in [0.05, 0.1) is 6.26 Å². The van der Waals surface area contributed by atoms with Gasteiger partial charge in [0.1, 0.15) is 17.7 Å². The van der Waals surface area contributed by atoms with Gasteiger partial charge in [0.2, 0.25) is 15.9 Å². The van der Waals surface area contributed by atoms with Crippen molar-refractivity contribution >= 4 is 15.9 Å². The van der Waals surface area contributed by atoms with Gasteiger partial charge >= 0.3 is 0 Å². The zero-order valence-electron chi connectivity index (χ0n) is 17.0. The molecule has 8 heteroatoms. The number of sulfonamides is 1. The largest absolute Gasteiger partial charge is 0.490 e. The molecular weight excluding hydrogens is 395 g/mol. The fourth-order valence-electron chi connectivity index (χ4n) is 5.15. The quantitative estimate of drug-likeness (QED) is 0.745. The van der Waals surface area contributed by atoms with E-state index in [9.17, 15) is 17.6 Å².